The molecule has 0 saturated heterocycles. The first-order valence-electron chi connectivity index (χ1n) is 8.70. The third-order valence-corrected chi connectivity index (χ3v) is 4.21. The fraction of sp³-hybridized carbons (Fsp3) is 0.381. The Bertz CT molecular complexity index is 620. The molecule has 24 heavy (non-hydrogen) atoms. The lowest BCUT2D eigenvalue weighted by molar-refractivity contribution is -0.121. The molecule has 0 aliphatic rings. The van der Waals surface area contributed by atoms with E-state index in [1.54, 1.807) is 0 Å². The van der Waals surface area contributed by atoms with Crippen LogP contribution >= 0.6 is 0 Å². The Balaban J connectivity index is 1.89. The second kappa shape index (κ2) is 9.11. The molecule has 0 aliphatic carbocycles. The number of carbonyl (C=O) groups excluding carboxylic acids is 1. The van der Waals surface area contributed by atoms with Gasteiger partial charge in [0.1, 0.15) is 0 Å². The number of nitrogens with one attached hydrogen (secondary N) is 1. The minimum atomic E-state index is 0.111. The number of amides is 1. The highest BCUT2D eigenvalue weighted by atomic mass is 16.1. The van der Waals surface area contributed by atoms with Crippen molar-refractivity contribution < 1.29 is 4.79 Å². The molecule has 0 aromatic heterocycles. The number of benzene rings is 2. The van der Waals surface area contributed by atoms with Gasteiger partial charge in [-0.05, 0) is 36.1 Å². The van der Waals surface area contributed by atoms with Crippen LogP contribution in [0.2, 0.25) is 0 Å². The van der Waals surface area contributed by atoms with Gasteiger partial charge < -0.3 is 10.2 Å². The predicted molar refractivity (Wildman–Crippen MR) is 101 cm³/mol. The van der Waals surface area contributed by atoms with Gasteiger partial charge in [0.15, 0.2) is 0 Å². The third-order valence-electron chi connectivity index (χ3n) is 4.21. The van der Waals surface area contributed by atoms with Crippen LogP contribution in [0.25, 0.3) is 0 Å². The SMILES string of the molecule is CCCC(NC(=O)CCc1ccc(N(C)C)cc1)c1ccccc1. The Morgan fingerprint density at radius 2 is 1.71 bits per heavy atom. The third kappa shape index (κ3) is 5.41. The van der Waals surface area contributed by atoms with E-state index in [1.807, 2.05) is 32.3 Å². The lowest BCUT2D eigenvalue weighted by atomic mass is 10.0. The van der Waals surface area contributed by atoms with Crippen molar-refractivity contribution in [1.29, 1.82) is 0 Å². The molecule has 1 N–H and O–H groups in total. The summed E-state index contributed by atoms with van der Waals surface area (Å²) in [4.78, 5) is 14.4. The van der Waals surface area contributed by atoms with Gasteiger partial charge in [-0.3, -0.25) is 4.79 Å². The first kappa shape index (κ1) is 18.1. The van der Waals surface area contributed by atoms with Crippen molar-refractivity contribution in [3.05, 3.63) is 65.7 Å². The van der Waals surface area contributed by atoms with E-state index in [4.69, 9.17) is 0 Å². The van der Waals surface area contributed by atoms with E-state index in [9.17, 15) is 4.79 Å². The molecule has 2 rings (SSSR count). The van der Waals surface area contributed by atoms with Gasteiger partial charge in [-0.1, -0.05) is 55.8 Å². The average molecular weight is 324 g/mol. The predicted octanol–water partition coefficient (Wildman–Crippen LogP) is 4.34. The molecular formula is C21H28N2O. The Morgan fingerprint density at radius 3 is 2.29 bits per heavy atom. The summed E-state index contributed by atoms with van der Waals surface area (Å²) in [5.74, 6) is 0.119. The summed E-state index contributed by atoms with van der Waals surface area (Å²) in [5, 5.41) is 3.19. The molecule has 0 radical (unpaired) electrons. The largest absolute Gasteiger partial charge is 0.378 e. The molecule has 3 heteroatoms. The molecule has 2 aromatic rings. The van der Waals surface area contributed by atoms with Crippen molar-refractivity contribution in [1.82, 2.24) is 5.32 Å². The van der Waals surface area contributed by atoms with Crippen LogP contribution in [0, 0.1) is 0 Å². The van der Waals surface area contributed by atoms with Crippen molar-refractivity contribution in [2.24, 2.45) is 0 Å². The monoisotopic (exact) mass is 324 g/mol. The average Bonchev–Trinajstić information content (AvgIpc) is 2.60. The summed E-state index contributed by atoms with van der Waals surface area (Å²) >= 11 is 0. The second-order valence-corrected chi connectivity index (χ2v) is 6.38. The molecular weight excluding hydrogens is 296 g/mol. The van der Waals surface area contributed by atoms with E-state index < -0.39 is 0 Å². The van der Waals surface area contributed by atoms with Gasteiger partial charge in [0.05, 0.1) is 6.04 Å². The molecule has 3 nitrogen and oxygen atoms in total. The van der Waals surface area contributed by atoms with Crippen LogP contribution in [0.5, 0.6) is 0 Å². The topological polar surface area (TPSA) is 32.3 Å². The van der Waals surface area contributed by atoms with Crippen LogP contribution in [-0.4, -0.2) is 20.0 Å². The van der Waals surface area contributed by atoms with Crippen molar-refractivity contribution >= 4 is 11.6 Å². The molecule has 1 unspecified atom stereocenters. The molecule has 1 atom stereocenters. The molecule has 0 aliphatic heterocycles. The first-order valence-corrected chi connectivity index (χ1v) is 8.70. The molecule has 0 spiro atoms. The summed E-state index contributed by atoms with van der Waals surface area (Å²) < 4.78 is 0. The van der Waals surface area contributed by atoms with Crippen LogP contribution in [0.3, 0.4) is 0 Å². The van der Waals surface area contributed by atoms with Gasteiger partial charge >= 0.3 is 0 Å². The highest BCUT2D eigenvalue weighted by Crippen LogP contribution is 2.19. The Kier molecular flexibility index (Phi) is 6.86. The molecule has 128 valence electrons. The number of rotatable bonds is 8. The molecule has 0 fully saturated rings. The zero-order chi connectivity index (χ0) is 17.4. The molecule has 0 bridgehead atoms. The summed E-state index contributed by atoms with van der Waals surface area (Å²) in [7, 11) is 4.06. The Labute approximate surface area is 145 Å². The maximum absolute atomic E-state index is 12.3. The summed E-state index contributed by atoms with van der Waals surface area (Å²) in [6.07, 6.45) is 3.31. The minimum Gasteiger partial charge on any atom is -0.378 e. The van der Waals surface area contributed by atoms with Gasteiger partial charge in [0.25, 0.3) is 0 Å². The number of carbonyl (C=O) groups is 1. The van der Waals surface area contributed by atoms with E-state index in [1.165, 1.54) is 16.8 Å². The fourth-order valence-corrected chi connectivity index (χ4v) is 2.78. The van der Waals surface area contributed by atoms with Crippen LogP contribution in [0.15, 0.2) is 54.6 Å². The number of aryl methyl sites for hydroxylation is 1. The van der Waals surface area contributed by atoms with Gasteiger partial charge in [0, 0.05) is 26.2 Å². The van der Waals surface area contributed by atoms with Gasteiger partial charge in [0.2, 0.25) is 5.91 Å². The van der Waals surface area contributed by atoms with E-state index >= 15 is 0 Å². The quantitative estimate of drug-likeness (QED) is 0.783. The van der Waals surface area contributed by atoms with Crippen LogP contribution in [0.1, 0.15) is 43.4 Å². The lowest BCUT2D eigenvalue weighted by Crippen LogP contribution is -2.28. The normalized spacial score (nSPS) is 11.8. The molecule has 2 aromatic carbocycles. The highest BCUT2D eigenvalue weighted by molar-refractivity contribution is 5.76. The van der Waals surface area contributed by atoms with Gasteiger partial charge in [-0.2, -0.15) is 0 Å². The Hall–Kier alpha value is -2.29. The number of nitrogens with zero attached hydrogens (tertiary/aromatic N) is 1. The lowest BCUT2D eigenvalue weighted by Gasteiger charge is -2.19. The number of anilines is 1. The van der Waals surface area contributed by atoms with Gasteiger partial charge in [-0.15, -0.1) is 0 Å². The van der Waals surface area contributed by atoms with Crippen LogP contribution < -0.4 is 10.2 Å². The van der Waals surface area contributed by atoms with Crippen molar-refractivity contribution in [2.45, 2.75) is 38.6 Å². The van der Waals surface area contributed by atoms with Crippen molar-refractivity contribution in [3.63, 3.8) is 0 Å². The Morgan fingerprint density at radius 1 is 1.04 bits per heavy atom. The summed E-state index contributed by atoms with van der Waals surface area (Å²) in [5.41, 5.74) is 3.56. The van der Waals surface area contributed by atoms with Crippen LogP contribution in [-0.2, 0) is 11.2 Å². The number of hydrogen-bond donors (Lipinski definition) is 1. The zero-order valence-corrected chi connectivity index (χ0v) is 15.0. The molecule has 1 amide bonds. The zero-order valence-electron chi connectivity index (χ0n) is 15.0. The standard InChI is InChI=1S/C21H28N2O/c1-4-8-20(18-9-6-5-7-10-18)22-21(24)16-13-17-11-14-19(15-12-17)23(2)3/h5-7,9-12,14-15,20H,4,8,13,16H2,1-3H3,(H,22,24). The summed E-state index contributed by atoms with van der Waals surface area (Å²) in [6, 6.07) is 18.7. The van der Waals surface area contributed by atoms with E-state index in [0.29, 0.717) is 6.42 Å². The smallest absolute Gasteiger partial charge is 0.220 e. The van der Waals surface area contributed by atoms with E-state index in [0.717, 1.165) is 19.3 Å². The van der Waals surface area contributed by atoms with E-state index in [-0.39, 0.29) is 11.9 Å². The molecule has 0 saturated carbocycles. The fourth-order valence-electron chi connectivity index (χ4n) is 2.78. The summed E-state index contributed by atoms with van der Waals surface area (Å²) in [6.45, 7) is 2.15. The number of hydrogen-bond acceptors (Lipinski definition) is 2. The minimum absolute atomic E-state index is 0.111. The highest BCUT2D eigenvalue weighted by Gasteiger charge is 2.13. The molecule has 0 heterocycles. The maximum atomic E-state index is 12.3. The van der Waals surface area contributed by atoms with Crippen molar-refractivity contribution in [3.8, 4) is 0 Å². The second-order valence-electron chi connectivity index (χ2n) is 6.38. The maximum Gasteiger partial charge on any atom is 0.220 e. The van der Waals surface area contributed by atoms with Crippen molar-refractivity contribution in [2.75, 3.05) is 19.0 Å². The van der Waals surface area contributed by atoms with Gasteiger partial charge in [-0.25, -0.2) is 0 Å². The van der Waals surface area contributed by atoms with Crippen LogP contribution in [0.4, 0.5) is 5.69 Å². The van der Waals surface area contributed by atoms with E-state index in [2.05, 4.69) is 53.5 Å². The first-order chi connectivity index (χ1) is 11.6.